The molecule has 0 aliphatic heterocycles. The monoisotopic (exact) mass is 472 g/mol. The molecular weight excluding hydrogens is 428 g/mol. The third-order valence-corrected chi connectivity index (χ3v) is 6.11. The minimum absolute atomic E-state index is 0.270. The summed E-state index contributed by atoms with van der Waals surface area (Å²) in [5.74, 6) is -2.61. The summed E-state index contributed by atoms with van der Waals surface area (Å²) in [4.78, 5) is 22.3. The average molecular weight is 473 g/mol. The van der Waals surface area contributed by atoms with Crippen LogP contribution in [0.15, 0.2) is 18.7 Å². The standard InChI is InChI=1S/C22H42N2OS.C2H2O4/c1-5-6-7-8-9-10-11-12-13-14-17-25-21(19-26-22(2,3)4)18-24-16-15-23-20-24;3-1(4)2(5)6/h15-16,20-21H,5-14,17-19H2,1-4H3;(H,3,4)(H,5,6). The lowest BCUT2D eigenvalue weighted by Gasteiger charge is -2.23. The molecule has 0 saturated heterocycles. The molecule has 0 amide bonds. The summed E-state index contributed by atoms with van der Waals surface area (Å²) in [6, 6.07) is 0. The zero-order chi connectivity index (χ0) is 24.2. The normalized spacial score (nSPS) is 12.1. The molecule has 186 valence electrons. The first-order chi connectivity index (χ1) is 15.2. The van der Waals surface area contributed by atoms with E-state index in [0.717, 1.165) is 18.9 Å². The zero-order valence-electron chi connectivity index (χ0n) is 20.4. The average Bonchev–Trinajstić information content (AvgIpc) is 3.23. The molecule has 0 aliphatic carbocycles. The van der Waals surface area contributed by atoms with Crippen LogP contribution in [0.1, 0.15) is 91.9 Å². The minimum atomic E-state index is -1.82. The van der Waals surface area contributed by atoms with Gasteiger partial charge in [-0.05, 0) is 6.42 Å². The van der Waals surface area contributed by atoms with Gasteiger partial charge in [0.05, 0.1) is 19.0 Å². The number of imidazole rings is 1. The molecule has 1 aromatic heterocycles. The third-order valence-electron chi connectivity index (χ3n) is 4.71. The molecule has 1 atom stereocenters. The van der Waals surface area contributed by atoms with Crippen molar-refractivity contribution in [2.24, 2.45) is 0 Å². The van der Waals surface area contributed by atoms with Crippen LogP contribution in [0, 0.1) is 0 Å². The fourth-order valence-electron chi connectivity index (χ4n) is 2.97. The van der Waals surface area contributed by atoms with E-state index in [-0.39, 0.29) is 10.9 Å². The van der Waals surface area contributed by atoms with Crippen molar-refractivity contribution in [1.29, 1.82) is 0 Å². The maximum atomic E-state index is 9.10. The number of aromatic nitrogens is 2. The number of carbonyl (C=O) groups is 2. The Morgan fingerprint density at radius 2 is 1.50 bits per heavy atom. The van der Waals surface area contributed by atoms with Crippen molar-refractivity contribution in [3.8, 4) is 0 Å². The molecule has 0 aliphatic rings. The largest absolute Gasteiger partial charge is 0.473 e. The van der Waals surface area contributed by atoms with Gasteiger partial charge in [-0.3, -0.25) is 0 Å². The second-order valence-corrected chi connectivity index (χ2v) is 10.8. The Labute approximate surface area is 198 Å². The highest BCUT2D eigenvalue weighted by molar-refractivity contribution is 8.00. The van der Waals surface area contributed by atoms with E-state index in [1.165, 1.54) is 64.2 Å². The van der Waals surface area contributed by atoms with E-state index in [1.54, 1.807) is 0 Å². The summed E-state index contributed by atoms with van der Waals surface area (Å²) >= 11 is 1.99. The van der Waals surface area contributed by atoms with Crippen molar-refractivity contribution < 1.29 is 24.5 Å². The Morgan fingerprint density at radius 1 is 0.969 bits per heavy atom. The quantitative estimate of drug-likeness (QED) is 0.229. The van der Waals surface area contributed by atoms with Gasteiger partial charge in [0, 0.05) is 29.5 Å². The Bertz CT molecular complexity index is 576. The molecule has 1 aromatic rings. The van der Waals surface area contributed by atoms with Crippen LogP contribution in [0.4, 0.5) is 0 Å². The first-order valence-corrected chi connectivity index (χ1v) is 12.8. The summed E-state index contributed by atoms with van der Waals surface area (Å²) in [5.41, 5.74) is 0. The van der Waals surface area contributed by atoms with Gasteiger partial charge in [0.1, 0.15) is 0 Å². The SMILES string of the molecule is CCCCCCCCCCCCOC(CSC(C)(C)C)Cn1ccnc1.O=C(O)C(=O)O. The molecule has 32 heavy (non-hydrogen) atoms. The molecular formula is C24H44N2O5S. The molecule has 0 fully saturated rings. The Morgan fingerprint density at radius 3 is 1.94 bits per heavy atom. The Balaban J connectivity index is 0.00000140. The van der Waals surface area contributed by atoms with Crippen LogP contribution in [-0.2, 0) is 20.9 Å². The molecule has 1 heterocycles. The molecule has 0 spiro atoms. The summed E-state index contributed by atoms with van der Waals surface area (Å²) in [5, 5.41) is 14.8. The van der Waals surface area contributed by atoms with Gasteiger partial charge in [-0.2, -0.15) is 11.8 Å². The number of aliphatic carboxylic acids is 2. The Kier molecular flexibility index (Phi) is 18.1. The van der Waals surface area contributed by atoms with E-state index in [0.29, 0.717) is 0 Å². The van der Waals surface area contributed by atoms with Crippen LogP contribution in [0.25, 0.3) is 0 Å². The molecule has 0 aromatic carbocycles. The van der Waals surface area contributed by atoms with Crippen LogP contribution in [0.2, 0.25) is 0 Å². The zero-order valence-corrected chi connectivity index (χ0v) is 21.2. The summed E-state index contributed by atoms with van der Waals surface area (Å²) in [6.07, 6.45) is 19.7. The van der Waals surface area contributed by atoms with Crippen molar-refractivity contribution in [3.05, 3.63) is 18.7 Å². The van der Waals surface area contributed by atoms with Gasteiger partial charge in [0.15, 0.2) is 0 Å². The molecule has 0 bridgehead atoms. The highest BCUT2D eigenvalue weighted by Gasteiger charge is 2.16. The number of rotatable bonds is 16. The lowest BCUT2D eigenvalue weighted by atomic mass is 10.1. The first kappa shape index (κ1) is 30.5. The molecule has 1 rings (SSSR count). The van der Waals surface area contributed by atoms with Crippen molar-refractivity contribution >= 4 is 23.7 Å². The molecule has 2 N–H and O–H groups in total. The second kappa shape index (κ2) is 19.0. The summed E-state index contributed by atoms with van der Waals surface area (Å²) in [7, 11) is 0. The maximum Gasteiger partial charge on any atom is 0.414 e. The van der Waals surface area contributed by atoms with E-state index in [1.807, 2.05) is 30.5 Å². The van der Waals surface area contributed by atoms with Crippen LogP contribution in [-0.4, -0.2) is 54.9 Å². The first-order valence-electron chi connectivity index (χ1n) is 11.8. The van der Waals surface area contributed by atoms with Crippen molar-refractivity contribution in [2.45, 2.75) is 109 Å². The number of hydrogen-bond acceptors (Lipinski definition) is 5. The maximum absolute atomic E-state index is 9.10. The molecule has 7 nitrogen and oxygen atoms in total. The minimum Gasteiger partial charge on any atom is -0.473 e. The van der Waals surface area contributed by atoms with Crippen LogP contribution in [0.3, 0.4) is 0 Å². The van der Waals surface area contributed by atoms with Gasteiger partial charge in [0.2, 0.25) is 0 Å². The van der Waals surface area contributed by atoms with E-state index < -0.39 is 11.9 Å². The molecule has 0 radical (unpaired) electrons. The number of unbranched alkanes of at least 4 members (excludes halogenated alkanes) is 9. The number of carboxylic acid groups (broad SMARTS) is 2. The summed E-state index contributed by atoms with van der Waals surface area (Å²) in [6.45, 7) is 10.9. The van der Waals surface area contributed by atoms with Crippen LogP contribution >= 0.6 is 11.8 Å². The summed E-state index contributed by atoms with van der Waals surface area (Å²) < 4.78 is 8.63. The van der Waals surface area contributed by atoms with Gasteiger partial charge < -0.3 is 19.5 Å². The van der Waals surface area contributed by atoms with Gasteiger partial charge in [0.25, 0.3) is 0 Å². The van der Waals surface area contributed by atoms with E-state index in [9.17, 15) is 0 Å². The lowest BCUT2D eigenvalue weighted by molar-refractivity contribution is -0.159. The predicted molar refractivity (Wildman–Crippen MR) is 131 cm³/mol. The van der Waals surface area contributed by atoms with Crippen LogP contribution < -0.4 is 0 Å². The highest BCUT2D eigenvalue weighted by atomic mass is 32.2. The van der Waals surface area contributed by atoms with Gasteiger partial charge in [-0.15, -0.1) is 0 Å². The van der Waals surface area contributed by atoms with E-state index in [4.69, 9.17) is 24.5 Å². The van der Waals surface area contributed by atoms with Crippen molar-refractivity contribution in [1.82, 2.24) is 9.55 Å². The fraction of sp³-hybridized carbons (Fsp3) is 0.792. The third kappa shape index (κ3) is 20.4. The molecule has 1 unspecified atom stereocenters. The number of thioether (sulfide) groups is 1. The molecule has 8 heteroatoms. The van der Waals surface area contributed by atoms with Crippen molar-refractivity contribution in [2.75, 3.05) is 12.4 Å². The number of ether oxygens (including phenoxy) is 1. The van der Waals surface area contributed by atoms with Gasteiger partial charge in [-0.25, -0.2) is 14.6 Å². The van der Waals surface area contributed by atoms with Crippen LogP contribution in [0.5, 0.6) is 0 Å². The van der Waals surface area contributed by atoms with Gasteiger partial charge in [-0.1, -0.05) is 85.5 Å². The number of nitrogens with zero attached hydrogens (tertiary/aromatic N) is 2. The highest BCUT2D eigenvalue weighted by Crippen LogP contribution is 2.25. The lowest BCUT2D eigenvalue weighted by Crippen LogP contribution is -2.25. The van der Waals surface area contributed by atoms with Gasteiger partial charge >= 0.3 is 11.9 Å². The fourth-order valence-corrected chi connectivity index (χ4v) is 3.85. The predicted octanol–water partition coefficient (Wildman–Crippen LogP) is 5.88. The second-order valence-electron chi connectivity index (χ2n) is 8.97. The smallest absolute Gasteiger partial charge is 0.414 e. The number of hydrogen-bond donors (Lipinski definition) is 2. The van der Waals surface area contributed by atoms with Crippen molar-refractivity contribution in [3.63, 3.8) is 0 Å². The Hall–Kier alpha value is -1.54. The topological polar surface area (TPSA) is 102 Å². The van der Waals surface area contributed by atoms with E-state index in [2.05, 4.69) is 37.2 Å². The van der Waals surface area contributed by atoms with E-state index >= 15 is 0 Å². The number of carboxylic acids is 2. The molecule has 0 saturated carbocycles.